The molecule has 3 atom stereocenters. The van der Waals surface area contributed by atoms with Crippen LogP contribution in [0.3, 0.4) is 0 Å². The van der Waals surface area contributed by atoms with Crippen molar-refractivity contribution in [3.05, 3.63) is 29.3 Å². The number of benzene rings is 1. The van der Waals surface area contributed by atoms with Crippen LogP contribution in [0.25, 0.3) is 0 Å². The van der Waals surface area contributed by atoms with Gasteiger partial charge in [-0.1, -0.05) is 43.5 Å². The normalized spacial score (nSPS) is 24.1. The van der Waals surface area contributed by atoms with Gasteiger partial charge in [0.05, 0.1) is 10.3 Å². The Morgan fingerprint density at radius 3 is 2.75 bits per heavy atom. The lowest BCUT2D eigenvalue weighted by atomic mass is 9.86. The third-order valence-electron chi connectivity index (χ3n) is 3.95. The number of carbonyl (C=O) groups is 1. The van der Waals surface area contributed by atoms with Crippen LogP contribution in [0.5, 0.6) is 0 Å². The molecule has 1 aromatic rings. The molecule has 0 heterocycles. The minimum atomic E-state index is -0.121. The van der Waals surface area contributed by atoms with E-state index >= 15 is 0 Å². The summed E-state index contributed by atoms with van der Waals surface area (Å²) in [7, 11) is 0. The van der Waals surface area contributed by atoms with Gasteiger partial charge < -0.3 is 5.32 Å². The highest BCUT2D eigenvalue weighted by atomic mass is 35.5. The molecule has 0 saturated heterocycles. The van der Waals surface area contributed by atoms with Crippen LogP contribution >= 0.6 is 23.4 Å². The Kier molecular flexibility index (Phi) is 5.79. The summed E-state index contributed by atoms with van der Waals surface area (Å²) in [6.45, 7) is 4.17. The van der Waals surface area contributed by atoms with Crippen molar-refractivity contribution in [2.24, 2.45) is 5.92 Å². The first-order valence-electron chi connectivity index (χ1n) is 7.29. The summed E-state index contributed by atoms with van der Waals surface area (Å²) in [4.78, 5) is 13.3. The minimum absolute atomic E-state index is 0.119. The topological polar surface area (TPSA) is 29.1 Å². The SMILES string of the molecule is C[C@@H](Sc1ccccc1Cl)C(=O)N[C@@H]1CCCC[C@@H]1C. The summed E-state index contributed by atoms with van der Waals surface area (Å²) >= 11 is 7.66. The number of hydrogen-bond donors (Lipinski definition) is 1. The van der Waals surface area contributed by atoms with Crippen LogP contribution in [0, 0.1) is 5.92 Å². The predicted octanol–water partition coefficient (Wildman–Crippen LogP) is 4.52. The maximum Gasteiger partial charge on any atom is 0.233 e. The Morgan fingerprint density at radius 2 is 2.05 bits per heavy atom. The van der Waals surface area contributed by atoms with E-state index < -0.39 is 0 Å². The Balaban J connectivity index is 1.90. The lowest BCUT2D eigenvalue weighted by Crippen LogP contribution is -2.44. The van der Waals surface area contributed by atoms with Crippen molar-refractivity contribution in [1.29, 1.82) is 0 Å². The lowest BCUT2D eigenvalue weighted by Gasteiger charge is -2.30. The second kappa shape index (κ2) is 7.37. The van der Waals surface area contributed by atoms with Gasteiger partial charge in [-0.25, -0.2) is 0 Å². The molecule has 1 N–H and O–H groups in total. The summed E-state index contributed by atoms with van der Waals surface area (Å²) in [5, 5.41) is 3.80. The molecule has 1 amide bonds. The van der Waals surface area contributed by atoms with Crippen molar-refractivity contribution in [2.45, 2.75) is 55.7 Å². The fourth-order valence-corrected chi connectivity index (χ4v) is 3.78. The number of carbonyl (C=O) groups excluding carboxylic acids is 1. The number of rotatable bonds is 4. The molecule has 0 aliphatic heterocycles. The van der Waals surface area contributed by atoms with E-state index in [2.05, 4.69) is 12.2 Å². The van der Waals surface area contributed by atoms with Crippen LogP contribution in [0.1, 0.15) is 39.5 Å². The molecule has 1 fully saturated rings. The first-order valence-corrected chi connectivity index (χ1v) is 8.55. The molecule has 2 nitrogen and oxygen atoms in total. The third kappa shape index (κ3) is 4.16. The summed E-state index contributed by atoms with van der Waals surface area (Å²) in [5.74, 6) is 0.707. The highest BCUT2D eigenvalue weighted by molar-refractivity contribution is 8.00. The number of halogens is 1. The van der Waals surface area contributed by atoms with E-state index in [1.54, 1.807) is 0 Å². The minimum Gasteiger partial charge on any atom is -0.352 e. The molecule has 0 radical (unpaired) electrons. The summed E-state index contributed by atoms with van der Waals surface area (Å²) in [6, 6.07) is 8.01. The van der Waals surface area contributed by atoms with Gasteiger partial charge in [-0.2, -0.15) is 0 Å². The first-order chi connectivity index (χ1) is 9.58. The average molecular weight is 312 g/mol. The van der Waals surface area contributed by atoms with Crippen molar-refractivity contribution in [3.8, 4) is 0 Å². The maximum atomic E-state index is 12.3. The molecule has 1 aliphatic carbocycles. The third-order valence-corrected chi connectivity index (χ3v) is 5.57. The second-order valence-electron chi connectivity index (χ2n) is 5.57. The zero-order valence-electron chi connectivity index (χ0n) is 12.1. The van der Waals surface area contributed by atoms with Gasteiger partial charge in [0.25, 0.3) is 0 Å². The van der Waals surface area contributed by atoms with E-state index in [4.69, 9.17) is 11.6 Å². The molecule has 110 valence electrons. The maximum absolute atomic E-state index is 12.3. The number of thioether (sulfide) groups is 1. The summed E-state index contributed by atoms with van der Waals surface area (Å²) in [5.41, 5.74) is 0. The Hall–Kier alpha value is -0.670. The largest absolute Gasteiger partial charge is 0.352 e. The monoisotopic (exact) mass is 311 g/mol. The molecule has 20 heavy (non-hydrogen) atoms. The summed E-state index contributed by atoms with van der Waals surface area (Å²) in [6.07, 6.45) is 4.84. The predicted molar refractivity (Wildman–Crippen MR) is 86.3 cm³/mol. The molecule has 2 rings (SSSR count). The van der Waals surface area contributed by atoms with E-state index in [9.17, 15) is 4.79 Å². The Bertz CT molecular complexity index is 466. The highest BCUT2D eigenvalue weighted by Gasteiger charge is 2.25. The van der Waals surface area contributed by atoms with E-state index in [0.717, 1.165) is 11.3 Å². The van der Waals surface area contributed by atoms with Gasteiger partial charge in [0, 0.05) is 10.9 Å². The second-order valence-corrected chi connectivity index (χ2v) is 7.36. The molecular weight excluding hydrogens is 290 g/mol. The van der Waals surface area contributed by atoms with E-state index in [0.29, 0.717) is 17.0 Å². The molecule has 1 aliphatic rings. The summed E-state index contributed by atoms with van der Waals surface area (Å²) < 4.78 is 0. The molecule has 0 spiro atoms. The molecule has 0 bridgehead atoms. The van der Waals surface area contributed by atoms with Gasteiger partial charge in [-0.15, -0.1) is 11.8 Å². The van der Waals surface area contributed by atoms with E-state index in [-0.39, 0.29) is 11.2 Å². The van der Waals surface area contributed by atoms with Crippen molar-refractivity contribution < 1.29 is 4.79 Å². The molecule has 4 heteroatoms. The van der Waals surface area contributed by atoms with Crippen LogP contribution in [-0.4, -0.2) is 17.2 Å². The Labute approximate surface area is 130 Å². The van der Waals surface area contributed by atoms with Crippen LogP contribution in [0.15, 0.2) is 29.2 Å². The van der Waals surface area contributed by atoms with Gasteiger partial charge >= 0.3 is 0 Å². The van der Waals surface area contributed by atoms with Gasteiger partial charge in [0.15, 0.2) is 0 Å². The van der Waals surface area contributed by atoms with Crippen molar-refractivity contribution >= 4 is 29.3 Å². The molecule has 0 aromatic heterocycles. The average Bonchev–Trinajstić information content (AvgIpc) is 2.43. The smallest absolute Gasteiger partial charge is 0.233 e. The Morgan fingerprint density at radius 1 is 1.35 bits per heavy atom. The van der Waals surface area contributed by atoms with E-state index in [1.165, 1.54) is 31.0 Å². The van der Waals surface area contributed by atoms with Gasteiger partial charge in [-0.05, 0) is 37.8 Å². The van der Waals surface area contributed by atoms with Crippen molar-refractivity contribution in [2.75, 3.05) is 0 Å². The first kappa shape index (κ1) is 15.7. The lowest BCUT2D eigenvalue weighted by molar-refractivity contribution is -0.121. The number of hydrogen-bond acceptors (Lipinski definition) is 2. The quantitative estimate of drug-likeness (QED) is 0.829. The fraction of sp³-hybridized carbons (Fsp3) is 0.562. The van der Waals surface area contributed by atoms with Crippen molar-refractivity contribution in [1.82, 2.24) is 5.32 Å². The van der Waals surface area contributed by atoms with Crippen LogP contribution in [-0.2, 0) is 4.79 Å². The van der Waals surface area contributed by atoms with Crippen LogP contribution < -0.4 is 5.32 Å². The zero-order chi connectivity index (χ0) is 14.5. The molecule has 1 aromatic carbocycles. The molecule has 1 saturated carbocycles. The van der Waals surface area contributed by atoms with Crippen LogP contribution in [0.2, 0.25) is 5.02 Å². The van der Waals surface area contributed by atoms with Crippen LogP contribution in [0.4, 0.5) is 0 Å². The van der Waals surface area contributed by atoms with Gasteiger partial charge in [0.2, 0.25) is 5.91 Å². The van der Waals surface area contributed by atoms with Gasteiger partial charge in [0.1, 0.15) is 0 Å². The van der Waals surface area contributed by atoms with E-state index in [1.807, 2.05) is 31.2 Å². The van der Waals surface area contributed by atoms with Crippen molar-refractivity contribution in [3.63, 3.8) is 0 Å². The molecular formula is C16H22ClNOS. The fourth-order valence-electron chi connectivity index (χ4n) is 2.62. The zero-order valence-corrected chi connectivity index (χ0v) is 13.6. The number of amides is 1. The number of nitrogens with one attached hydrogen (secondary N) is 1. The highest BCUT2D eigenvalue weighted by Crippen LogP contribution is 2.30. The molecule has 0 unspecified atom stereocenters. The van der Waals surface area contributed by atoms with Gasteiger partial charge in [-0.3, -0.25) is 4.79 Å². The standard InChI is InChI=1S/C16H22ClNOS/c1-11-7-3-5-9-14(11)18-16(19)12(2)20-15-10-6-4-8-13(15)17/h4,6,8,10-12,14H,3,5,7,9H2,1-2H3,(H,18,19)/t11-,12+,14+/m0/s1.